The van der Waals surface area contributed by atoms with E-state index in [0.29, 0.717) is 0 Å². The largest absolute Gasteiger partial charge is 0.312 e. The third kappa shape index (κ3) is 2.03. The van der Waals surface area contributed by atoms with Crippen LogP contribution in [0.15, 0.2) is 24.3 Å². The summed E-state index contributed by atoms with van der Waals surface area (Å²) in [6.07, 6.45) is -0.00963. The van der Waals surface area contributed by atoms with Crippen LogP contribution < -0.4 is 5.73 Å². The fourth-order valence-corrected chi connectivity index (χ4v) is 0.895. The zero-order valence-corrected chi connectivity index (χ0v) is 6.91. The molecule has 2 nitrogen and oxygen atoms in total. The van der Waals surface area contributed by atoms with Gasteiger partial charge in [-0.1, -0.05) is 24.3 Å². The summed E-state index contributed by atoms with van der Waals surface area (Å²) in [4.78, 5) is 1.97. The summed E-state index contributed by atoms with van der Waals surface area (Å²) < 4.78 is 0. The number of benzene rings is 1. The van der Waals surface area contributed by atoms with E-state index in [0.717, 1.165) is 5.56 Å². The Morgan fingerprint density at radius 1 is 1.36 bits per heavy atom. The van der Waals surface area contributed by atoms with Gasteiger partial charge < -0.3 is 5.73 Å². The van der Waals surface area contributed by atoms with Crippen molar-refractivity contribution in [2.75, 3.05) is 14.1 Å². The first-order chi connectivity index (χ1) is 5.22. The summed E-state index contributed by atoms with van der Waals surface area (Å²) in [7, 11) is 3.92. The molecule has 0 amide bonds. The Bertz CT molecular complexity index is 206. The third-order valence-corrected chi connectivity index (χ3v) is 1.64. The minimum absolute atomic E-state index is 0.00963. The molecule has 0 bridgehead atoms. The molecule has 59 valence electrons. The van der Waals surface area contributed by atoms with Gasteiger partial charge in [0.2, 0.25) is 0 Å². The van der Waals surface area contributed by atoms with Crippen molar-refractivity contribution >= 4 is 0 Å². The van der Waals surface area contributed by atoms with Gasteiger partial charge in [0, 0.05) is 0 Å². The maximum absolute atomic E-state index is 5.85. The van der Waals surface area contributed by atoms with Gasteiger partial charge in [0.1, 0.15) is 0 Å². The maximum Gasteiger partial charge on any atom is 0.0830 e. The molecule has 1 aromatic rings. The van der Waals surface area contributed by atoms with Crippen molar-refractivity contribution in [2.24, 2.45) is 5.73 Å². The first kappa shape index (κ1) is 8.24. The van der Waals surface area contributed by atoms with Crippen molar-refractivity contribution in [3.8, 4) is 0 Å². The SMILES string of the molecule is CN(C)C(N)c1cc[c]cc1. The lowest BCUT2D eigenvalue weighted by Crippen LogP contribution is -2.27. The second kappa shape index (κ2) is 3.51. The Balaban J connectivity index is 2.77. The van der Waals surface area contributed by atoms with E-state index in [9.17, 15) is 0 Å². The highest BCUT2D eigenvalue weighted by atomic mass is 15.2. The van der Waals surface area contributed by atoms with Crippen LogP contribution in [0.4, 0.5) is 0 Å². The molecule has 0 aliphatic rings. The predicted molar refractivity (Wildman–Crippen MR) is 45.9 cm³/mol. The second-order valence-electron chi connectivity index (χ2n) is 2.74. The molecule has 0 fully saturated rings. The minimum atomic E-state index is -0.00963. The van der Waals surface area contributed by atoms with Crippen LogP contribution in [0.3, 0.4) is 0 Å². The van der Waals surface area contributed by atoms with E-state index in [4.69, 9.17) is 5.73 Å². The van der Waals surface area contributed by atoms with Crippen molar-refractivity contribution in [2.45, 2.75) is 6.17 Å². The first-order valence-corrected chi connectivity index (χ1v) is 3.60. The summed E-state index contributed by atoms with van der Waals surface area (Å²) in [6.45, 7) is 0. The van der Waals surface area contributed by atoms with E-state index in [2.05, 4.69) is 6.07 Å². The third-order valence-electron chi connectivity index (χ3n) is 1.64. The number of nitrogens with two attached hydrogens (primary N) is 1. The van der Waals surface area contributed by atoms with Crippen molar-refractivity contribution < 1.29 is 0 Å². The van der Waals surface area contributed by atoms with E-state index in [-0.39, 0.29) is 6.17 Å². The maximum atomic E-state index is 5.85. The molecule has 2 N–H and O–H groups in total. The molecule has 0 heterocycles. The molecule has 0 aromatic heterocycles. The van der Waals surface area contributed by atoms with Crippen LogP contribution in [0.1, 0.15) is 11.7 Å². The zero-order chi connectivity index (χ0) is 8.27. The van der Waals surface area contributed by atoms with Gasteiger partial charge in [-0.15, -0.1) is 0 Å². The molecule has 1 atom stereocenters. The van der Waals surface area contributed by atoms with Crippen LogP contribution in [-0.4, -0.2) is 19.0 Å². The fraction of sp³-hybridized carbons (Fsp3) is 0.333. The zero-order valence-electron chi connectivity index (χ0n) is 6.91. The van der Waals surface area contributed by atoms with Crippen LogP contribution in [-0.2, 0) is 0 Å². The van der Waals surface area contributed by atoms with Gasteiger partial charge in [0.05, 0.1) is 6.17 Å². The van der Waals surface area contributed by atoms with Crippen molar-refractivity contribution in [3.05, 3.63) is 35.9 Å². The van der Waals surface area contributed by atoms with Crippen LogP contribution in [0.5, 0.6) is 0 Å². The van der Waals surface area contributed by atoms with Gasteiger partial charge >= 0.3 is 0 Å². The normalized spacial score (nSPS) is 13.5. The van der Waals surface area contributed by atoms with Gasteiger partial charge in [-0.05, 0) is 25.7 Å². The highest BCUT2D eigenvalue weighted by Gasteiger charge is 2.05. The van der Waals surface area contributed by atoms with Crippen LogP contribution >= 0.6 is 0 Å². The summed E-state index contributed by atoms with van der Waals surface area (Å²) in [5, 5.41) is 0. The number of hydrogen-bond acceptors (Lipinski definition) is 2. The van der Waals surface area contributed by atoms with Crippen molar-refractivity contribution in [1.82, 2.24) is 4.90 Å². The molecule has 11 heavy (non-hydrogen) atoms. The van der Waals surface area contributed by atoms with Crippen LogP contribution in [0.25, 0.3) is 0 Å². The molecule has 2 heteroatoms. The molecule has 0 aliphatic heterocycles. The van der Waals surface area contributed by atoms with Crippen molar-refractivity contribution in [3.63, 3.8) is 0 Å². The molecule has 0 aliphatic carbocycles. The number of nitrogens with zero attached hydrogens (tertiary/aromatic N) is 1. The van der Waals surface area contributed by atoms with E-state index in [1.54, 1.807) is 0 Å². The predicted octanol–water partition coefficient (Wildman–Crippen LogP) is 1.01. The van der Waals surface area contributed by atoms with Gasteiger partial charge in [-0.2, -0.15) is 0 Å². The van der Waals surface area contributed by atoms with Gasteiger partial charge in [0.25, 0.3) is 0 Å². The molecular weight excluding hydrogens is 136 g/mol. The Kier molecular flexibility index (Phi) is 2.63. The average molecular weight is 149 g/mol. The molecular formula is C9H13N2. The lowest BCUT2D eigenvalue weighted by molar-refractivity contribution is 0.307. The van der Waals surface area contributed by atoms with Gasteiger partial charge in [0.15, 0.2) is 0 Å². The monoisotopic (exact) mass is 149 g/mol. The Hall–Kier alpha value is -0.860. The van der Waals surface area contributed by atoms with E-state index < -0.39 is 0 Å². The van der Waals surface area contributed by atoms with E-state index in [1.807, 2.05) is 43.3 Å². The van der Waals surface area contributed by atoms with Gasteiger partial charge in [-0.3, -0.25) is 4.90 Å². The number of rotatable bonds is 2. The summed E-state index contributed by atoms with van der Waals surface area (Å²) >= 11 is 0. The molecule has 0 spiro atoms. The smallest absolute Gasteiger partial charge is 0.0830 e. The Labute approximate surface area is 67.6 Å². The standard InChI is InChI=1S/C9H13N2/c1-11(2)9(10)8-6-4-3-5-7-8/h4-7,9H,10H2,1-2H3. The molecule has 1 aromatic carbocycles. The number of hydrogen-bond donors (Lipinski definition) is 1. The fourth-order valence-electron chi connectivity index (χ4n) is 0.895. The van der Waals surface area contributed by atoms with Crippen molar-refractivity contribution in [1.29, 1.82) is 0 Å². The molecule has 1 radical (unpaired) electrons. The lowest BCUT2D eigenvalue weighted by atomic mass is 10.2. The highest BCUT2D eigenvalue weighted by molar-refractivity contribution is 5.16. The molecule has 0 saturated carbocycles. The quantitative estimate of drug-likeness (QED) is 0.636. The topological polar surface area (TPSA) is 29.3 Å². The van der Waals surface area contributed by atoms with E-state index >= 15 is 0 Å². The molecule has 1 unspecified atom stereocenters. The van der Waals surface area contributed by atoms with Crippen LogP contribution in [0, 0.1) is 6.07 Å². The average Bonchev–Trinajstić information content (AvgIpc) is 2.05. The lowest BCUT2D eigenvalue weighted by Gasteiger charge is -2.19. The summed E-state index contributed by atoms with van der Waals surface area (Å²) in [5.74, 6) is 0. The van der Waals surface area contributed by atoms with E-state index in [1.165, 1.54) is 0 Å². The highest BCUT2D eigenvalue weighted by Crippen LogP contribution is 2.09. The minimum Gasteiger partial charge on any atom is -0.312 e. The Morgan fingerprint density at radius 3 is 2.36 bits per heavy atom. The first-order valence-electron chi connectivity index (χ1n) is 3.60. The second-order valence-corrected chi connectivity index (χ2v) is 2.74. The molecule has 1 rings (SSSR count). The summed E-state index contributed by atoms with van der Waals surface area (Å²) in [5.41, 5.74) is 6.97. The van der Waals surface area contributed by atoms with Gasteiger partial charge in [-0.25, -0.2) is 0 Å². The van der Waals surface area contributed by atoms with Crippen LogP contribution in [0.2, 0.25) is 0 Å². The summed E-state index contributed by atoms with van der Waals surface area (Å²) in [6, 6.07) is 10.7. The molecule has 0 saturated heterocycles. The Morgan fingerprint density at radius 2 is 1.91 bits per heavy atom.